The molecule has 1 aliphatic heterocycles. The highest BCUT2D eigenvalue weighted by atomic mass is 79.9. The van der Waals surface area contributed by atoms with Crippen molar-refractivity contribution in [3.05, 3.63) is 22.7 Å². The first kappa shape index (κ1) is 14.8. The minimum atomic E-state index is -3.52. The average molecular weight is 349 g/mol. The molecule has 1 atom stereocenters. The zero-order chi connectivity index (χ0) is 14.0. The van der Waals surface area contributed by atoms with Crippen molar-refractivity contribution in [1.82, 2.24) is 4.31 Å². The average Bonchev–Trinajstić information content (AvgIpc) is 2.88. The number of ether oxygens (including phenoxy) is 1. The second kappa shape index (κ2) is 5.78. The van der Waals surface area contributed by atoms with Gasteiger partial charge in [-0.2, -0.15) is 4.31 Å². The molecule has 0 saturated carbocycles. The molecule has 1 aromatic carbocycles. The van der Waals surface area contributed by atoms with E-state index in [9.17, 15) is 8.42 Å². The highest BCUT2D eigenvalue weighted by molar-refractivity contribution is 9.10. The lowest BCUT2D eigenvalue weighted by Gasteiger charge is -2.18. The molecule has 1 aromatic rings. The summed E-state index contributed by atoms with van der Waals surface area (Å²) in [5.41, 5.74) is 5.60. The molecule has 7 heteroatoms. The van der Waals surface area contributed by atoms with Crippen molar-refractivity contribution < 1.29 is 13.2 Å². The molecule has 0 amide bonds. The zero-order valence-electron chi connectivity index (χ0n) is 10.7. The van der Waals surface area contributed by atoms with Crippen LogP contribution in [0.5, 0.6) is 5.75 Å². The normalized spacial score (nSPS) is 20.7. The highest BCUT2D eigenvalue weighted by Gasteiger charge is 2.33. The summed E-state index contributed by atoms with van der Waals surface area (Å²) in [6, 6.07) is 4.97. The molecule has 106 valence electrons. The molecule has 0 bridgehead atoms. The summed E-state index contributed by atoms with van der Waals surface area (Å²) >= 11 is 3.29. The number of halogens is 1. The minimum absolute atomic E-state index is 0.196. The van der Waals surface area contributed by atoms with Gasteiger partial charge in [-0.1, -0.05) is 15.9 Å². The van der Waals surface area contributed by atoms with Crippen LogP contribution in [0.3, 0.4) is 0 Å². The minimum Gasteiger partial charge on any atom is -0.495 e. The lowest BCUT2D eigenvalue weighted by atomic mass is 10.1. The monoisotopic (exact) mass is 348 g/mol. The fourth-order valence-corrected chi connectivity index (χ4v) is 4.42. The Kier molecular flexibility index (Phi) is 4.50. The number of rotatable bonds is 4. The number of hydrogen-bond donors (Lipinski definition) is 1. The molecule has 0 aliphatic carbocycles. The molecule has 1 saturated heterocycles. The van der Waals surface area contributed by atoms with E-state index in [1.807, 2.05) is 0 Å². The second-order valence-corrected chi connectivity index (χ2v) is 7.37. The summed E-state index contributed by atoms with van der Waals surface area (Å²) in [5, 5.41) is 0. The molecular formula is C12H17BrN2O3S. The van der Waals surface area contributed by atoms with E-state index in [2.05, 4.69) is 15.9 Å². The van der Waals surface area contributed by atoms with Gasteiger partial charge in [-0.3, -0.25) is 0 Å². The van der Waals surface area contributed by atoms with Crippen LogP contribution in [0.1, 0.15) is 6.42 Å². The van der Waals surface area contributed by atoms with Gasteiger partial charge in [0.1, 0.15) is 10.6 Å². The van der Waals surface area contributed by atoms with Crippen LogP contribution in [0.25, 0.3) is 0 Å². The van der Waals surface area contributed by atoms with Gasteiger partial charge in [-0.25, -0.2) is 8.42 Å². The number of nitrogens with zero attached hydrogens (tertiary/aromatic N) is 1. The molecule has 1 unspecified atom stereocenters. The highest BCUT2D eigenvalue weighted by Crippen LogP contribution is 2.32. The van der Waals surface area contributed by atoms with Crippen molar-refractivity contribution in [1.29, 1.82) is 0 Å². The van der Waals surface area contributed by atoms with E-state index in [0.717, 1.165) is 6.42 Å². The first-order valence-corrected chi connectivity index (χ1v) is 8.26. The first-order valence-electron chi connectivity index (χ1n) is 6.02. The Bertz CT molecular complexity index is 562. The molecular weight excluding hydrogens is 332 g/mol. The SMILES string of the molecule is COc1ccc(Br)cc1S(=O)(=O)N1CCC(CN)C1. The van der Waals surface area contributed by atoms with Crippen molar-refractivity contribution in [2.24, 2.45) is 11.7 Å². The predicted molar refractivity (Wildman–Crippen MR) is 76.6 cm³/mol. The number of sulfonamides is 1. The van der Waals surface area contributed by atoms with Crippen molar-refractivity contribution in [3.63, 3.8) is 0 Å². The topological polar surface area (TPSA) is 72.6 Å². The summed E-state index contributed by atoms with van der Waals surface area (Å²) < 4.78 is 32.6. The van der Waals surface area contributed by atoms with Gasteiger partial charge in [0, 0.05) is 17.6 Å². The van der Waals surface area contributed by atoms with Crippen LogP contribution >= 0.6 is 15.9 Å². The summed E-state index contributed by atoms with van der Waals surface area (Å²) in [5.74, 6) is 0.604. The molecule has 2 N–H and O–H groups in total. The summed E-state index contributed by atoms with van der Waals surface area (Å²) in [7, 11) is -2.06. The maximum atomic E-state index is 12.6. The fraction of sp³-hybridized carbons (Fsp3) is 0.500. The third kappa shape index (κ3) is 2.94. The molecule has 1 aliphatic rings. The van der Waals surface area contributed by atoms with Crippen LogP contribution in [-0.2, 0) is 10.0 Å². The molecule has 1 fully saturated rings. The maximum absolute atomic E-state index is 12.6. The number of nitrogens with two attached hydrogens (primary N) is 1. The van der Waals surface area contributed by atoms with Crippen LogP contribution in [0.15, 0.2) is 27.6 Å². The third-order valence-electron chi connectivity index (χ3n) is 3.33. The Morgan fingerprint density at radius 1 is 1.53 bits per heavy atom. The standard InChI is InChI=1S/C12H17BrN2O3S/c1-18-11-3-2-10(13)6-12(11)19(16,17)15-5-4-9(7-14)8-15/h2-3,6,9H,4-5,7-8,14H2,1H3. The molecule has 0 spiro atoms. The largest absolute Gasteiger partial charge is 0.495 e. The van der Waals surface area contributed by atoms with Gasteiger partial charge in [0.25, 0.3) is 0 Å². The van der Waals surface area contributed by atoms with Gasteiger partial charge in [0.05, 0.1) is 7.11 Å². The van der Waals surface area contributed by atoms with Crippen molar-refractivity contribution in [2.75, 3.05) is 26.7 Å². The van der Waals surface area contributed by atoms with Crippen molar-refractivity contribution >= 4 is 26.0 Å². The smallest absolute Gasteiger partial charge is 0.246 e. The second-order valence-electron chi connectivity index (χ2n) is 4.55. The Hall–Kier alpha value is -0.630. The van der Waals surface area contributed by atoms with Gasteiger partial charge in [0.2, 0.25) is 10.0 Å². The van der Waals surface area contributed by atoms with Crippen LogP contribution in [0, 0.1) is 5.92 Å². The molecule has 0 aromatic heterocycles. The van der Waals surface area contributed by atoms with Crippen LogP contribution in [0.2, 0.25) is 0 Å². The Morgan fingerprint density at radius 2 is 2.26 bits per heavy atom. The van der Waals surface area contributed by atoms with E-state index in [1.54, 1.807) is 18.2 Å². The molecule has 19 heavy (non-hydrogen) atoms. The number of benzene rings is 1. The predicted octanol–water partition coefficient (Wildman–Crippen LogP) is 1.43. The summed E-state index contributed by atoms with van der Waals surface area (Å²) in [6.45, 7) is 1.51. The maximum Gasteiger partial charge on any atom is 0.246 e. The quantitative estimate of drug-likeness (QED) is 0.893. The fourth-order valence-electron chi connectivity index (χ4n) is 2.20. The molecule has 1 heterocycles. The molecule has 2 rings (SSSR count). The summed E-state index contributed by atoms with van der Waals surface area (Å²) in [4.78, 5) is 0.196. The lowest BCUT2D eigenvalue weighted by molar-refractivity contribution is 0.397. The number of methoxy groups -OCH3 is 1. The first-order chi connectivity index (χ1) is 8.98. The van der Waals surface area contributed by atoms with E-state index in [1.165, 1.54) is 11.4 Å². The van der Waals surface area contributed by atoms with Crippen LogP contribution in [-0.4, -0.2) is 39.5 Å². The van der Waals surface area contributed by atoms with Gasteiger partial charge in [-0.15, -0.1) is 0 Å². The van der Waals surface area contributed by atoms with Gasteiger partial charge in [-0.05, 0) is 37.1 Å². The lowest BCUT2D eigenvalue weighted by Crippen LogP contribution is -2.30. The Labute approximate surface area is 121 Å². The van der Waals surface area contributed by atoms with Crippen LogP contribution < -0.4 is 10.5 Å². The van der Waals surface area contributed by atoms with E-state index in [4.69, 9.17) is 10.5 Å². The number of hydrogen-bond acceptors (Lipinski definition) is 4. The summed E-state index contributed by atoms with van der Waals surface area (Å²) in [6.07, 6.45) is 0.812. The van der Waals surface area contributed by atoms with Gasteiger partial charge < -0.3 is 10.5 Å². The molecule has 5 nitrogen and oxygen atoms in total. The Balaban J connectivity index is 2.37. The van der Waals surface area contributed by atoms with E-state index in [0.29, 0.717) is 29.9 Å². The van der Waals surface area contributed by atoms with Crippen molar-refractivity contribution in [3.8, 4) is 5.75 Å². The van der Waals surface area contributed by atoms with E-state index in [-0.39, 0.29) is 10.8 Å². The Morgan fingerprint density at radius 3 is 2.84 bits per heavy atom. The van der Waals surface area contributed by atoms with Crippen molar-refractivity contribution in [2.45, 2.75) is 11.3 Å². The molecule has 0 radical (unpaired) electrons. The third-order valence-corrected chi connectivity index (χ3v) is 5.70. The van der Waals surface area contributed by atoms with Gasteiger partial charge >= 0.3 is 0 Å². The zero-order valence-corrected chi connectivity index (χ0v) is 13.1. The van der Waals surface area contributed by atoms with Gasteiger partial charge in [0.15, 0.2) is 0 Å². The van der Waals surface area contributed by atoms with Crippen LogP contribution in [0.4, 0.5) is 0 Å². The van der Waals surface area contributed by atoms with E-state index >= 15 is 0 Å². The van der Waals surface area contributed by atoms with E-state index < -0.39 is 10.0 Å².